The van der Waals surface area contributed by atoms with E-state index in [2.05, 4.69) is 13.8 Å². The molecule has 0 N–H and O–H groups in total. The molecule has 1 saturated heterocycles. The molecule has 60 valence electrons. The fraction of sp³-hybridized carbons (Fsp3) is 1.00. The van der Waals surface area contributed by atoms with E-state index in [1.807, 2.05) is 0 Å². The molecule has 1 rings (SSSR count). The van der Waals surface area contributed by atoms with E-state index in [1.165, 1.54) is 12.8 Å². The van der Waals surface area contributed by atoms with Crippen LogP contribution in [0.4, 0.5) is 0 Å². The first-order valence-electron chi connectivity index (χ1n) is 4.04. The summed E-state index contributed by atoms with van der Waals surface area (Å²) in [6, 6.07) is 0. The Hall–Kier alpha value is -0.0800. The monoisotopic (exact) mass is 144 g/mol. The molecule has 1 heterocycles. The van der Waals surface area contributed by atoms with Crippen molar-refractivity contribution in [2.75, 3.05) is 13.4 Å². The molecular weight excluding hydrogens is 128 g/mol. The van der Waals surface area contributed by atoms with Gasteiger partial charge in [0.15, 0.2) is 0 Å². The average Bonchev–Trinajstić information content (AvgIpc) is 2.38. The summed E-state index contributed by atoms with van der Waals surface area (Å²) in [5.74, 6) is 0.660. The second kappa shape index (κ2) is 3.94. The smallest absolute Gasteiger partial charge is 0.147 e. The first-order valence-corrected chi connectivity index (χ1v) is 4.04. The van der Waals surface area contributed by atoms with Gasteiger partial charge in [-0.2, -0.15) is 0 Å². The standard InChI is InChI=1S/C8H16O2/c1-3-4-7(2)8-5-9-6-10-8/h7-8H,3-6H2,1-2H3. The lowest BCUT2D eigenvalue weighted by atomic mass is 10.0. The van der Waals surface area contributed by atoms with Crippen LogP contribution in [-0.4, -0.2) is 19.5 Å². The number of hydrogen-bond acceptors (Lipinski definition) is 2. The van der Waals surface area contributed by atoms with Gasteiger partial charge in [0.2, 0.25) is 0 Å². The molecule has 0 bridgehead atoms. The van der Waals surface area contributed by atoms with E-state index >= 15 is 0 Å². The van der Waals surface area contributed by atoms with Crippen LogP contribution in [0, 0.1) is 5.92 Å². The highest BCUT2D eigenvalue weighted by molar-refractivity contribution is 4.67. The Morgan fingerprint density at radius 1 is 1.60 bits per heavy atom. The van der Waals surface area contributed by atoms with Crippen LogP contribution in [0.5, 0.6) is 0 Å². The van der Waals surface area contributed by atoms with E-state index in [0.29, 0.717) is 18.8 Å². The SMILES string of the molecule is CCCC(C)C1COCO1. The van der Waals surface area contributed by atoms with Crippen LogP contribution in [0.1, 0.15) is 26.7 Å². The zero-order chi connectivity index (χ0) is 7.40. The van der Waals surface area contributed by atoms with Crippen molar-refractivity contribution in [2.24, 2.45) is 5.92 Å². The van der Waals surface area contributed by atoms with E-state index < -0.39 is 0 Å². The lowest BCUT2D eigenvalue weighted by Crippen LogP contribution is -2.19. The molecule has 0 aromatic heterocycles. The van der Waals surface area contributed by atoms with E-state index in [0.717, 1.165) is 6.61 Å². The maximum atomic E-state index is 5.35. The Morgan fingerprint density at radius 3 is 2.90 bits per heavy atom. The maximum Gasteiger partial charge on any atom is 0.147 e. The molecule has 0 spiro atoms. The molecule has 1 fully saturated rings. The minimum atomic E-state index is 0.361. The van der Waals surface area contributed by atoms with Gasteiger partial charge in [-0.15, -0.1) is 0 Å². The maximum absolute atomic E-state index is 5.35. The highest BCUT2D eigenvalue weighted by Crippen LogP contribution is 2.17. The number of rotatable bonds is 3. The topological polar surface area (TPSA) is 18.5 Å². The fourth-order valence-electron chi connectivity index (χ4n) is 1.32. The second-order valence-corrected chi connectivity index (χ2v) is 2.96. The first kappa shape index (κ1) is 8.02. The Labute approximate surface area is 62.5 Å². The van der Waals surface area contributed by atoms with Crippen LogP contribution in [0.3, 0.4) is 0 Å². The Bertz CT molecular complexity index is 87.3. The quantitative estimate of drug-likeness (QED) is 0.601. The molecule has 2 nitrogen and oxygen atoms in total. The van der Waals surface area contributed by atoms with Crippen LogP contribution in [0.2, 0.25) is 0 Å². The van der Waals surface area contributed by atoms with Crippen molar-refractivity contribution in [3.05, 3.63) is 0 Å². The van der Waals surface area contributed by atoms with E-state index in [9.17, 15) is 0 Å². The largest absolute Gasteiger partial charge is 0.353 e. The molecule has 2 atom stereocenters. The van der Waals surface area contributed by atoms with Crippen LogP contribution < -0.4 is 0 Å². The Morgan fingerprint density at radius 2 is 2.40 bits per heavy atom. The van der Waals surface area contributed by atoms with Gasteiger partial charge in [-0.1, -0.05) is 20.3 Å². The van der Waals surface area contributed by atoms with E-state index in [4.69, 9.17) is 9.47 Å². The van der Waals surface area contributed by atoms with Crippen molar-refractivity contribution in [3.8, 4) is 0 Å². The third-order valence-corrected chi connectivity index (χ3v) is 2.03. The molecule has 0 aliphatic carbocycles. The molecule has 10 heavy (non-hydrogen) atoms. The van der Waals surface area contributed by atoms with E-state index in [-0.39, 0.29) is 0 Å². The van der Waals surface area contributed by atoms with Crippen molar-refractivity contribution in [3.63, 3.8) is 0 Å². The van der Waals surface area contributed by atoms with Crippen LogP contribution in [0.15, 0.2) is 0 Å². The molecular formula is C8H16O2. The van der Waals surface area contributed by atoms with Crippen molar-refractivity contribution >= 4 is 0 Å². The summed E-state index contributed by atoms with van der Waals surface area (Å²) in [7, 11) is 0. The molecule has 1 aliphatic rings. The van der Waals surface area contributed by atoms with Crippen molar-refractivity contribution in [2.45, 2.75) is 32.8 Å². The molecule has 0 aromatic carbocycles. The lowest BCUT2D eigenvalue weighted by Gasteiger charge is -2.15. The summed E-state index contributed by atoms with van der Waals surface area (Å²) in [4.78, 5) is 0. The summed E-state index contributed by atoms with van der Waals surface area (Å²) >= 11 is 0. The molecule has 1 aliphatic heterocycles. The summed E-state index contributed by atoms with van der Waals surface area (Å²) in [5.41, 5.74) is 0. The van der Waals surface area contributed by atoms with Gasteiger partial charge in [0, 0.05) is 0 Å². The summed E-state index contributed by atoms with van der Waals surface area (Å²) in [6.07, 6.45) is 2.84. The minimum absolute atomic E-state index is 0.361. The van der Waals surface area contributed by atoms with Crippen LogP contribution >= 0.6 is 0 Å². The van der Waals surface area contributed by atoms with Crippen molar-refractivity contribution in [1.82, 2.24) is 0 Å². The summed E-state index contributed by atoms with van der Waals surface area (Å²) < 4.78 is 10.4. The van der Waals surface area contributed by atoms with Gasteiger partial charge in [0.25, 0.3) is 0 Å². The van der Waals surface area contributed by atoms with Crippen LogP contribution in [0.25, 0.3) is 0 Å². The number of ether oxygens (including phenoxy) is 2. The average molecular weight is 144 g/mol. The predicted molar refractivity (Wildman–Crippen MR) is 39.8 cm³/mol. The second-order valence-electron chi connectivity index (χ2n) is 2.96. The molecule has 0 radical (unpaired) electrons. The van der Waals surface area contributed by atoms with Gasteiger partial charge in [0.05, 0.1) is 12.7 Å². The normalized spacial score (nSPS) is 28.8. The Balaban J connectivity index is 2.18. The van der Waals surface area contributed by atoms with E-state index in [1.54, 1.807) is 0 Å². The first-order chi connectivity index (χ1) is 4.84. The van der Waals surface area contributed by atoms with Crippen LogP contribution in [-0.2, 0) is 9.47 Å². The van der Waals surface area contributed by atoms with Gasteiger partial charge in [-0.25, -0.2) is 0 Å². The number of hydrogen-bond donors (Lipinski definition) is 0. The highest BCUT2D eigenvalue weighted by Gasteiger charge is 2.21. The molecule has 0 aromatic rings. The molecule has 2 heteroatoms. The van der Waals surface area contributed by atoms with Gasteiger partial charge in [0.1, 0.15) is 6.79 Å². The van der Waals surface area contributed by atoms with Gasteiger partial charge >= 0.3 is 0 Å². The van der Waals surface area contributed by atoms with Crippen molar-refractivity contribution < 1.29 is 9.47 Å². The Kier molecular flexibility index (Phi) is 3.16. The van der Waals surface area contributed by atoms with Crippen molar-refractivity contribution in [1.29, 1.82) is 0 Å². The lowest BCUT2D eigenvalue weighted by molar-refractivity contribution is 0.0295. The van der Waals surface area contributed by atoms with Gasteiger partial charge in [-0.05, 0) is 12.3 Å². The van der Waals surface area contributed by atoms with Gasteiger partial charge in [-0.3, -0.25) is 0 Å². The predicted octanol–water partition coefficient (Wildman–Crippen LogP) is 1.80. The summed E-state index contributed by atoms with van der Waals surface area (Å²) in [6.45, 7) is 5.72. The third-order valence-electron chi connectivity index (χ3n) is 2.03. The molecule has 2 unspecified atom stereocenters. The van der Waals surface area contributed by atoms with Gasteiger partial charge < -0.3 is 9.47 Å². The summed E-state index contributed by atoms with van der Waals surface area (Å²) in [5, 5.41) is 0. The third kappa shape index (κ3) is 1.96. The molecule has 0 saturated carbocycles. The zero-order valence-corrected chi connectivity index (χ0v) is 6.80. The molecule has 0 amide bonds. The zero-order valence-electron chi connectivity index (χ0n) is 6.80. The highest BCUT2D eigenvalue weighted by atomic mass is 16.7. The minimum Gasteiger partial charge on any atom is -0.353 e. The fourth-order valence-corrected chi connectivity index (χ4v) is 1.32.